The van der Waals surface area contributed by atoms with Gasteiger partial charge in [0.2, 0.25) is 5.91 Å². The molecule has 88 valence electrons. The van der Waals surface area contributed by atoms with E-state index in [2.05, 4.69) is 34.6 Å². The van der Waals surface area contributed by atoms with Crippen molar-refractivity contribution < 1.29 is 4.79 Å². The number of hydrogen-bond donors (Lipinski definition) is 1. The molecule has 0 N–H and O–H groups in total. The molecule has 17 heavy (non-hydrogen) atoms. The van der Waals surface area contributed by atoms with Crippen LogP contribution in [0.2, 0.25) is 0 Å². The third-order valence-electron chi connectivity index (χ3n) is 2.83. The minimum Gasteiger partial charge on any atom is -0.311 e. The lowest BCUT2D eigenvalue weighted by Crippen LogP contribution is -2.25. The lowest BCUT2D eigenvalue weighted by molar-refractivity contribution is -0.117. The summed E-state index contributed by atoms with van der Waals surface area (Å²) in [6, 6.07) is 7.33. The quantitative estimate of drug-likeness (QED) is 0.853. The van der Waals surface area contributed by atoms with Gasteiger partial charge in [-0.1, -0.05) is 0 Å². The van der Waals surface area contributed by atoms with E-state index in [1.165, 1.54) is 0 Å². The van der Waals surface area contributed by atoms with Crippen molar-refractivity contribution in [2.45, 2.75) is 6.42 Å². The van der Waals surface area contributed by atoms with Crippen LogP contribution in [0.25, 0.3) is 0 Å². The molecule has 0 aromatic heterocycles. The Kier molecular flexibility index (Phi) is 3.75. The Morgan fingerprint density at radius 3 is 2.88 bits per heavy atom. The lowest BCUT2D eigenvalue weighted by Gasteiger charge is -2.18. The Hall–Kier alpha value is -0.990. The van der Waals surface area contributed by atoms with Crippen molar-refractivity contribution in [2.24, 2.45) is 5.92 Å². The van der Waals surface area contributed by atoms with Gasteiger partial charge in [0.15, 0.2) is 0 Å². The van der Waals surface area contributed by atoms with Gasteiger partial charge in [-0.25, -0.2) is 0 Å². The maximum Gasteiger partial charge on any atom is 0.227 e. The van der Waals surface area contributed by atoms with E-state index in [4.69, 9.17) is 5.26 Å². The van der Waals surface area contributed by atoms with Gasteiger partial charge in [0.1, 0.15) is 0 Å². The zero-order valence-electron chi connectivity index (χ0n) is 9.06. The average molecular weight is 311 g/mol. The molecule has 1 unspecified atom stereocenters. The number of hydrogen-bond acceptors (Lipinski definition) is 3. The zero-order chi connectivity index (χ0) is 12.4. The molecule has 1 aromatic carbocycles. The molecular formula is C12H11BrN2OS. The first-order chi connectivity index (χ1) is 8.15. The van der Waals surface area contributed by atoms with Crippen molar-refractivity contribution in [3.63, 3.8) is 0 Å². The minimum absolute atomic E-state index is 0.120. The average Bonchev–Trinajstić information content (AvgIpc) is 2.70. The number of amides is 1. The lowest BCUT2D eigenvalue weighted by atomic mass is 10.1. The fourth-order valence-electron chi connectivity index (χ4n) is 1.93. The van der Waals surface area contributed by atoms with Gasteiger partial charge in [0.25, 0.3) is 0 Å². The molecule has 1 atom stereocenters. The van der Waals surface area contributed by atoms with Crippen LogP contribution in [0.5, 0.6) is 0 Å². The molecule has 0 saturated carbocycles. The SMILES string of the molecule is N#Cc1ccc(N2CC(CS)CC2=O)c(Br)c1. The number of rotatable bonds is 2. The van der Waals surface area contributed by atoms with E-state index in [9.17, 15) is 4.79 Å². The van der Waals surface area contributed by atoms with Gasteiger partial charge < -0.3 is 4.90 Å². The second-order valence-electron chi connectivity index (χ2n) is 4.04. The number of thiol groups is 1. The van der Waals surface area contributed by atoms with Gasteiger partial charge in [-0.2, -0.15) is 17.9 Å². The van der Waals surface area contributed by atoms with Crippen LogP contribution in [-0.4, -0.2) is 18.2 Å². The Labute approximate surface area is 114 Å². The summed E-state index contributed by atoms with van der Waals surface area (Å²) in [5.41, 5.74) is 1.41. The van der Waals surface area contributed by atoms with E-state index in [1.54, 1.807) is 23.1 Å². The van der Waals surface area contributed by atoms with Crippen LogP contribution in [0.4, 0.5) is 5.69 Å². The van der Waals surface area contributed by atoms with Crippen molar-refractivity contribution in [1.82, 2.24) is 0 Å². The van der Waals surface area contributed by atoms with E-state index >= 15 is 0 Å². The van der Waals surface area contributed by atoms with Crippen LogP contribution in [0, 0.1) is 17.2 Å². The number of carbonyl (C=O) groups is 1. The zero-order valence-corrected chi connectivity index (χ0v) is 11.5. The normalized spacial score (nSPS) is 19.5. The van der Waals surface area contributed by atoms with Crippen LogP contribution in [0.1, 0.15) is 12.0 Å². The molecule has 3 nitrogen and oxygen atoms in total. The van der Waals surface area contributed by atoms with E-state index in [0.29, 0.717) is 24.4 Å². The number of nitriles is 1. The van der Waals surface area contributed by atoms with Crippen LogP contribution in [-0.2, 0) is 4.79 Å². The molecule has 1 aromatic rings. The standard InChI is InChI=1S/C12H11BrN2OS/c13-10-3-8(5-14)1-2-11(10)15-6-9(7-17)4-12(15)16/h1-3,9,17H,4,6-7H2. The summed E-state index contributed by atoms with van der Waals surface area (Å²) in [5, 5.41) is 8.79. The second kappa shape index (κ2) is 5.11. The van der Waals surface area contributed by atoms with E-state index in [0.717, 1.165) is 15.9 Å². The predicted molar refractivity (Wildman–Crippen MR) is 73.2 cm³/mol. The second-order valence-corrected chi connectivity index (χ2v) is 5.25. The molecule has 0 bridgehead atoms. The Morgan fingerprint density at radius 2 is 2.35 bits per heavy atom. The number of benzene rings is 1. The predicted octanol–water partition coefficient (Wildman–Crippen LogP) is 2.60. The molecule has 2 rings (SSSR count). The highest BCUT2D eigenvalue weighted by Crippen LogP contribution is 2.32. The molecule has 1 saturated heterocycles. The molecule has 0 aliphatic carbocycles. The van der Waals surface area contributed by atoms with Gasteiger partial charge in [0.05, 0.1) is 17.3 Å². The fraction of sp³-hybridized carbons (Fsp3) is 0.333. The summed E-state index contributed by atoms with van der Waals surface area (Å²) in [6.45, 7) is 0.701. The summed E-state index contributed by atoms with van der Waals surface area (Å²) in [6.07, 6.45) is 0.552. The molecule has 1 aliphatic rings. The Balaban J connectivity index is 2.29. The van der Waals surface area contributed by atoms with Crippen LogP contribution < -0.4 is 4.90 Å². The van der Waals surface area contributed by atoms with Crippen molar-refractivity contribution in [1.29, 1.82) is 5.26 Å². The van der Waals surface area contributed by atoms with Crippen molar-refractivity contribution in [3.05, 3.63) is 28.2 Å². The summed E-state index contributed by atoms with van der Waals surface area (Å²) >= 11 is 7.64. The van der Waals surface area contributed by atoms with Gasteiger partial charge >= 0.3 is 0 Å². The maximum atomic E-state index is 11.9. The van der Waals surface area contributed by atoms with Crippen LogP contribution in [0.15, 0.2) is 22.7 Å². The van der Waals surface area contributed by atoms with E-state index < -0.39 is 0 Å². The topological polar surface area (TPSA) is 44.1 Å². The third-order valence-corrected chi connectivity index (χ3v) is 3.98. The monoisotopic (exact) mass is 310 g/mol. The first kappa shape index (κ1) is 12.5. The van der Waals surface area contributed by atoms with Gasteiger partial charge in [-0.05, 0) is 45.8 Å². The first-order valence-electron chi connectivity index (χ1n) is 5.26. The fourth-order valence-corrected chi connectivity index (χ4v) is 2.77. The van der Waals surface area contributed by atoms with E-state index in [-0.39, 0.29) is 5.91 Å². The molecule has 1 fully saturated rings. The number of nitrogens with zero attached hydrogens (tertiary/aromatic N) is 2. The summed E-state index contributed by atoms with van der Waals surface area (Å²) in [7, 11) is 0. The Morgan fingerprint density at radius 1 is 1.59 bits per heavy atom. The summed E-state index contributed by atoms with van der Waals surface area (Å²) in [4.78, 5) is 13.6. The maximum absolute atomic E-state index is 11.9. The van der Waals surface area contributed by atoms with Crippen molar-refractivity contribution in [2.75, 3.05) is 17.2 Å². The largest absolute Gasteiger partial charge is 0.311 e. The minimum atomic E-state index is 0.120. The highest BCUT2D eigenvalue weighted by molar-refractivity contribution is 9.10. The molecule has 1 aliphatic heterocycles. The van der Waals surface area contributed by atoms with Crippen molar-refractivity contribution >= 4 is 40.2 Å². The number of halogens is 1. The molecular weight excluding hydrogens is 300 g/mol. The van der Waals surface area contributed by atoms with Gasteiger partial charge in [0, 0.05) is 17.4 Å². The van der Waals surface area contributed by atoms with Gasteiger partial charge in [-0.15, -0.1) is 0 Å². The molecule has 1 amide bonds. The molecule has 5 heteroatoms. The van der Waals surface area contributed by atoms with E-state index in [1.807, 2.05) is 0 Å². The highest BCUT2D eigenvalue weighted by atomic mass is 79.9. The summed E-state index contributed by atoms with van der Waals surface area (Å²) in [5.74, 6) is 1.15. The van der Waals surface area contributed by atoms with Gasteiger partial charge in [-0.3, -0.25) is 4.79 Å². The number of carbonyl (C=O) groups excluding carboxylic acids is 1. The molecule has 0 spiro atoms. The summed E-state index contributed by atoms with van der Waals surface area (Å²) < 4.78 is 0.782. The molecule has 1 heterocycles. The van der Waals surface area contributed by atoms with Crippen LogP contribution >= 0.6 is 28.6 Å². The first-order valence-corrected chi connectivity index (χ1v) is 6.69. The smallest absolute Gasteiger partial charge is 0.227 e. The highest BCUT2D eigenvalue weighted by Gasteiger charge is 2.30. The molecule has 0 radical (unpaired) electrons. The van der Waals surface area contributed by atoms with Crippen LogP contribution in [0.3, 0.4) is 0 Å². The number of anilines is 1. The Bertz CT molecular complexity index is 498. The van der Waals surface area contributed by atoms with Crippen molar-refractivity contribution in [3.8, 4) is 6.07 Å². The third kappa shape index (κ3) is 2.48.